The van der Waals surface area contributed by atoms with Crippen LogP contribution >= 0.6 is 11.8 Å². The molecule has 3 rings (SSSR count). The number of hydrogen-bond donors (Lipinski definition) is 1. The van der Waals surface area contributed by atoms with E-state index < -0.39 is 5.91 Å². The van der Waals surface area contributed by atoms with Gasteiger partial charge in [-0.1, -0.05) is 17.8 Å². The zero-order valence-corrected chi connectivity index (χ0v) is 13.6. The van der Waals surface area contributed by atoms with Gasteiger partial charge in [-0.15, -0.1) is 0 Å². The molecule has 0 atom stereocenters. The Labute approximate surface area is 137 Å². The number of thioether (sulfide) groups is 1. The largest absolute Gasteiger partial charge is 0.455 e. The van der Waals surface area contributed by atoms with Crippen LogP contribution in [0.1, 0.15) is 28.8 Å². The van der Waals surface area contributed by atoms with Crippen LogP contribution in [0.4, 0.5) is 0 Å². The van der Waals surface area contributed by atoms with Crippen LogP contribution in [0.2, 0.25) is 0 Å². The van der Waals surface area contributed by atoms with Gasteiger partial charge in [0.2, 0.25) is 0 Å². The molecule has 2 heterocycles. The van der Waals surface area contributed by atoms with E-state index in [0.717, 1.165) is 16.7 Å². The maximum Gasteiger partial charge on any atom is 0.310 e. The first kappa shape index (κ1) is 15.6. The van der Waals surface area contributed by atoms with Gasteiger partial charge in [-0.3, -0.25) is 9.63 Å². The van der Waals surface area contributed by atoms with Crippen molar-refractivity contribution in [3.05, 3.63) is 47.4 Å². The summed E-state index contributed by atoms with van der Waals surface area (Å²) < 4.78 is 11.1. The molecular weight excluding hydrogens is 316 g/mol. The molecule has 0 aliphatic heterocycles. The smallest absolute Gasteiger partial charge is 0.310 e. The topological polar surface area (TPSA) is 77.5 Å². The van der Waals surface area contributed by atoms with Crippen LogP contribution in [0.15, 0.2) is 44.4 Å². The van der Waals surface area contributed by atoms with Crippen molar-refractivity contribution in [3.63, 3.8) is 0 Å². The van der Waals surface area contributed by atoms with Gasteiger partial charge >= 0.3 is 5.91 Å². The van der Waals surface area contributed by atoms with Crippen molar-refractivity contribution in [2.45, 2.75) is 24.8 Å². The summed E-state index contributed by atoms with van der Waals surface area (Å²) in [5.41, 5.74) is 5.02. The number of carbonyl (C=O) groups is 1. The Morgan fingerprint density at radius 1 is 1.30 bits per heavy atom. The minimum Gasteiger partial charge on any atom is -0.455 e. The third kappa shape index (κ3) is 3.75. The number of carbonyl (C=O) groups excluding carboxylic acids is 1. The van der Waals surface area contributed by atoms with E-state index in [0.29, 0.717) is 23.3 Å². The normalized spacial score (nSPS) is 11.0. The highest BCUT2D eigenvalue weighted by Crippen LogP contribution is 2.27. The number of hydroxylamine groups is 1. The zero-order valence-electron chi connectivity index (χ0n) is 12.8. The molecule has 1 aromatic carbocycles. The average Bonchev–Trinajstić information content (AvgIpc) is 3.16. The summed E-state index contributed by atoms with van der Waals surface area (Å²) in [4.78, 5) is 20.9. The monoisotopic (exact) mass is 332 g/mol. The fourth-order valence-electron chi connectivity index (χ4n) is 1.98. The number of aromatic nitrogens is 1. The summed E-state index contributed by atoms with van der Waals surface area (Å²) in [6, 6.07) is 9.23. The van der Waals surface area contributed by atoms with Crippen LogP contribution in [0.25, 0.3) is 11.1 Å². The third-order valence-electron chi connectivity index (χ3n) is 3.06. The van der Waals surface area contributed by atoms with Gasteiger partial charge in [0.15, 0.2) is 11.3 Å². The Balaban J connectivity index is 1.63. The second kappa shape index (κ2) is 6.89. The molecule has 0 aliphatic rings. The Hall–Kier alpha value is -2.25. The molecule has 0 aliphatic carbocycles. The highest BCUT2D eigenvalue weighted by Gasteiger charge is 2.13. The molecule has 1 amide bonds. The van der Waals surface area contributed by atoms with Crippen molar-refractivity contribution in [2.75, 3.05) is 6.61 Å². The van der Waals surface area contributed by atoms with E-state index in [4.69, 9.17) is 13.7 Å². The van der Waals surface area contributed by atoms with Gasteiger partial charge in [0.25, 0.3) is 5.22 Å². The summed E-state index contributed by atoms with van der Waals surface area (Å²) in [6.45, 7) is 4.19. The predicted octanol–water partition coefficient (Wildman–Crippen LogP) is 3.70. The minimum atomic E-state index is -0.402. The first-order valence-corrected chi connectivity index (χ1v) is 8.15. The van der Waals surface area contributed by atoms with E-state index in [1.54, 1.807) is 19.1 Å². The van der Waals surface area contributed by atoms with Crippen LogP contribution in [0.5, 0.6) is 0 Å². The summed E-state index contributed by atoms with van der Waals surface area (Å²) in [7, 11) is 0. The van der Waals surface area contributed by atoms with Crippen molar-refractivity contribution < 1.29 is 18.5 Å². The molecule has 0 radical (unpaired) electrons. The van der Waals surface area contributed by atoms with Crippen molar-refractivity contribution in [2.24, 2.45) is 0 Å². The molecule has 1 N–H and O–H groups in total. The summed E-state index contributed by atoms with van der Waals surface area (Å²) in [6.07, 6.45) is 0. The fraction of sp³-hybridized carbons (Fsp3) is 0.250. The lowest BCUT2D eigenvalue weighted by molar-refractivity contribution is 0.0339. The second-order valence-corrected chi connectivity index (χ2v) is 5.80. The number of nitrogens with zero attached hydrogens (tertiary/aromatic N) is 1. The molecular formula is C16H16N2O4S. The quantitative estimate of drug-likeness (QED) is 0.548. The zero-order chi connectivity index (χ0) is 16.2. The molecule has 2 aromatic heterocycles. The van der Waals surface area contributed by atoms with Gasteiger partial charge in [0.1, 0.15) is 11.3 Å². The van der Waals surface area contributed by atoms with E-state index in [1.807, 2.05) is 25.1 Å². The number of benzene rings is 1. The maximum absolute atomic E-state index is 11.7. The molecule has 23 heavy (non-hydrogen) atoms. The van der Waals surface area contributed by atoms with E-state index in [9.17, 15) is 4.79 Å². The van der Waals surface area contributed by atoms with Crippen molar-refractivity contribution in [1.82, 2.24) is 10.5 Å². The van der Waals surface area contributed by atoms with Crippen LogP contribution in [-0.4, -0.2) is 17.5 Å². The first-order valence-electron chi connectivity index (χ1n) is 7.16. The van der Waals surface area contributed by atoms with Gasteiger partial charge in [0, 0.05) is 0 Å². The minimum absolute atomic E-state index is 0.210. The molecule has 0 saturated heterocycles. The van der Waals surface area contributed by atoms with E-state index >= 15 is 0 Å². The highest BCUT2D eigenvalue weighted by atomic mass is 32.2. The van der Waals surface area contributed by atoms with Gasteiger partial charge in [-0.2, -0.15) is 0 Å². The predicted molar refractivity (Wildman–Crippen MR) is 86.1 cm³/mol. The van der Waals surface area contributed by atoms with E-state index in [2.05, 4.69) is 10.5 Å². The lowest BCUT2D eigenvalue weighted by Crippen LogP contribution is -2.22. The van der Waals surface area contributed by atoms with E-state index in [-0.39, 0.29) is 5.76 Å². The summed E-state index contributed by atoms with van der Waals surface area (Å²) >= 11 is 1.41. The van der Waals surface area contributed by atoms with Crippen LogP contribution in [-0.2, 0) is 10.6 Å². The Kier molecular flexibility index (Phi) is 4.68. The Morgan fingerprint density at radius 3 is 3.00 bits per heavy atom. The molecule has 0 spiro atoms. The number of furan rings is 1. The molecule has 120 valence electrons. The van der Waals surface area contributed by atoms with E-state index in [1.165, 1.54) is 11.8 Å². The SMILES string of the molecule is CCONC(=O)c1ccc(CSc2nc3cc(C)ccc3o2)o1. The molecule has 0 bridgehead atoms. The fourth-order valence-corrected chi connectivity index (χ4v) is 2.71. The lowest BCUT2D eigenvalue weighted by Gasteiger charge is -2.00. The summed E-state index contributed by atoms with van der Waals surface area (Å²) in [5.74, 6) is 0.992. The number of oxazole rings is 1. The van der Waals surface area contributed by atoms with Gasteiger partial charge < -0.3 is 8.83 Å². The lowest BCUT2D eigenvalue weighted by atomic mass is 10.2. The molecule has 6 nitrogen and oxygen atoms in total. The number of nitrogens with one attached hydrogen (secondary N) is 1. The Morgan fingerprint density at radius 2 is 2.17 bits per heavy atom. The average molecular weight is 332 g/mol. The molecule has 7 heteroatoms. The van der Waals surface area contributed by atoms with Gasteiger partial charge in [0.05, 0.1) is 12.4 Å². The number of hydrogen-bond acceptors (Lipinski definition) is 6. The van der Waals surface area contributed by atoms with Crippen LogP contribution in [0, 0.1) is 6.92 Å². The van der Waals surface area contributed by atoms with Crippen LogP contribution in [0.3, 0.4) is 0 Å². The highest BCUT2D eigenvalue weighted by molar-refractivity contribution is 7.98. The molecule has 0 fully saturated rings. The van der Waals surface area contributed by atoms with Crippen LogP contribution < -0.4 is 5.48 Å². The second-order valence-electron chi connectivity index (χ2n) is 4.87. The standard InChI is InChI=1S/C16H16N2O4S/c1-3-20-18-15(19)14-7-5-11(21-14)9-23-16-17-12-8-10(2)4-6-13(12)22-16/h4-8H,3,9H2,1-2H3,(H,18,19). The first-order chi connectivity index (χ1) is 11.2. The molecule has 0 unspecified atom stereocenters. The van der Waals surface area contributed by atoms with Crippen molar-refractivity contribution >= 4 is 28.8 Å². The summed E-state index contributed by atoms with van der Waals surface area (Å²) in [5, 5.41) is 0.572. The Bertz CT molecular complexity index is 824. The van der Waals surface area contributed by atoms with Gasteiger partial charge in [-0.05, 0) is 43.7 Å². The van der Waals surface area contributed by atoms with Crippen molar-refractivity contribution in [1.29, 1.82) is 0 Å². The number of rotatable bonds is 6. The number of amides is 1. The third-order valence-corrected chi connectivity index (χ3v) is 3.91. The molecule has 3 aromatic rings. The van der Waals surface area contributed by atoms with Gasteiger partial charge in [-0.25, -0.2) is 10.5 Å². The number of fused-ring (bicyclic) bond motifs is 1. The molecule has 0 saturated carbocycles. The number of aryl methyl sites for hydroxylation is 1. The maximum atomic E-state index is 11.7. The van der Waals surface area contributed by atoms with Crippen molar-refractivity contribution in [3.8, 4) is 0 Å².